The Morgan fingerprint density at radius 3 is 1.50 bits per heavy atom. The number of unbranched alkanes of at least 4 members (excludes halogenated alkanes) is 20. The van der Waals surface area contributed by atoms with Gasteiger partial charge in [-0.25, -0.2) is 4.57 Å². The van der Waals surface area contributed by atoms with Gasteiger partial charge in [-0.1, -0.05) is 135 Å². The van der Waals surface area contributed by atoms with E-state index in [9.17, 15) is 24.2 Å². The van der Waals surface area contributed by atoms with E-state index in [0.29, 0.717) is 12.8 Å². The van der Waals surface area contributed by atoms with Crippen molar-refractivity contribution < 1.29 is 47.8 Å². The summed E-state index contributed by atoms with van der Waals surface area (Å²) in [4.78, 5) is 34.8. The smallest absolute Gasteiger partial charge is 0.462 e. The van der Waals surface area contributed by atoms with Crippen molar-refractivity contribution in [3.05, 3.63) is 12.2 Å². The van der Waals surface area contributed by atoms with Crippen molar-refractivity contribution in [2.24, 2.45) is 0 Å². The lowest BCUT2D eigenvalue weighted by atomic mass is 10.1. The normalized spacial score (nSPS) is 14.2. The number of carbonyl (C=O) groups excluding carboxylic acids is 2. The number of rotatable bonds is 36. The topological polar surface area (TPSA) is 149 Å². The Labute approximate surface area is 292 Å². The first-order valence-corrected chi connectivity index (χ1v) is 20.6. The summed E-state index contributed by atoms with van der Waals surface area (Å²) >= 11 is 0. The van der Waals surface area contributed by atoms with Crippen LogP contribution in [0.4, 0.5) is 0 Å². The lowest BCUT2D eigenvalue weighted by molar-refractivity contribution is -0.161. The molecular weight excluding hydrogens is 635 g/mol. The number of carbonyl (C=O) groups is 2. The van der Waals surface area contributed by atoms with Crippen LogP contribution in [0.5, 0.6) is 0 Å². The number of ether oxygens (including phenoxy) is 2. The predicted molar refractivity (Wildman–Crippen MR) is 192 cm³/mol. The summed E-state index contributed by atoms with van der Waals surface area (Å²) < 4.78 is 32.5. The van der Waals surface area contributed by atoms with Gasteiger partial charge >= 0.3 is 19.8 Å². The first-order chi connectivity index (χ1) is 23.2. The molecule has 0 rings (SSSR count). The van der Waals surface area contributed by atoms with Crippen LogP contribution in [-0.4, -0.2) is 65.7 Å². The lowest BCUT2D eigenvalue weighted by Gasteiger charge is -2.20. The van der Waals surface area contributed by atoms with Crippen molar-refractivity contribution in [3.63, 3.8) is 0 Å². The molecule has 10 nitrogen and oxygen atoms in total. The Hall–Kier alpha value is -1.29. The second kappa shape index (κ2) is 34.2. The van der Waals surface area contributed by atoms with E-state index in [1.165, 1.54) is 77.0 Å². The standard InChI is InChI=1S/C37H71O10P/c1-3-5-7-9-11-13-15-16-17-19-21-23-25-27-29-37(41)47-35(33-46-48(42,43)45-31-34(39)30-38)32-44-36(40)28-26-24-22-20-18-14-12-10-8-6-4-2/h15-16,34-35,38-39H,3-14,17-33H2,1-2H3,(H,42,43)/b16-15-. The molecule has 3 unspecified atom stereocenters. The Morgan fingerprint density at radius 2 is 1.02 bits per heavy atom. The molecule has 0 heterocycles. The Morgan fingerprint density at radius 1 is 0.604 bits per heavy atom. The molecule has 3 atom stereocenters. The molecule has 0 aromatic carbocycles. The van der Waals surface area contributed by atoms with Crippen molar-refractivity contribution in [3.8, 4) is 0 Å². The van der Waals surface area contributed by atoms with Gasteiger partial charge < -0.3 is 24.6 Å². The van der Waals surface area contributed by atoms with E-state index in [4.69, 9.17) is 19.1 Å². The fourth-order valence-corrected chi connectivity index (χ4v) is 5.95. The third kappa shape index (κ3) is 33.2. The minimum absolute atomic E-state index is 0.178. The van der Waals surface area contributed by atoms with E-state index >= 15 is 0 Å². The molecule has 0 saturated carbocycles. The van der Waals surface area contributed by atoms with E-state index in [1.807, 2.05) is 0 Å². The van der Waals surface area contributed by atoms with E-state index in [-0.39, 0.29) is 19.4 Å². The Balaban J connectivity index is 4.37. The van der Waals surface area contributed by atoms with Crippen LogP contribution in [0, 0.1) is 0 Å². The fourth-order valence-electron chi connectivity index (χ4n) is 5.16. The van der Waals surface area contributed by atoms with Gasteiger partial charge in [0.05, 0.1) is 19.8 Å². The van der Waals surface area contributed by atoms with Gasteiger partial charge in [-0.3, -0.25) is 18.6 Å². The fraction of sp³-hybridized carbons (Fsp3) is 0.892. The average molecular weight is 707 g/mol. The number of esters is 2. The van der Waals surface area contributed by atoms with Crippen LogP contribution >= 0.6 is 7.82 Å². The van der Waals surface area contributed by atoms with Gasteiger partial charge in [0.2, 0.25) is 0 Å². The summed E-state index contributed by atoms with van der Waals surface area (Å²) in [6.45, 7) is 2.35. The summed E-state index contributed by atoms with van der Waals surface area (Å²) in [6.07, 6.45) is 28.9. The Kier molecular flexibility index (Phi) is 33.3. The van der Waals surface area contributed by atoms with Gasteiger partial charge in [-0.2, -0.15) is 0 Å². The first-order valence-electron chi connectivity index (χ1n) is 19.1. The van der Waals surface area contributed by atoms with Crippen molar-refractivity contribution in [1.29, 1.82) is 0 Å². The lowest BCUT2D eigenvalue weighted by Crippen LogP contribution is -2.29. The zero-order valence-corrected chi connectivity index (χ0v) is 31.4. The highest BCUT2D eigenvalue weighted by atomic mass is 31.2. The molecule has 0 aromatic heterocycles. The molecular formula is C37H71O10P. The molecule has 0 aliphatic rings. The van der Waals surface area contributed by atoms with E-state index in [0.717, 1.165) is 57.8 Å². The van der Waals surface area contributed by atoms with Crippen LogP contribution < -0.4 is 0 Å². The maximum absolute atomic E-state index is 12.5. The molecule has 0 aromatic rings. The highest BCUT2D eigenvalue weighted by Gasteiger charge is 2.27. The van der Waals surface area contributed by atoms with Gasteiger partial charge in [0.1, 0.15) is 12.7 Å². The van der Waals surface area contributed by atoms with Crippen molar-refractivity contribution in [2.45, 2.75) is 187 Å². The van der Waals surface area contributed by atoms with Gasteiger partial charge in [0.15, 0.2) is 6.10 Å². The Bertz CT molecular complexity index is 822. The van der Waals surface area contributed by atoms with Crippen LogP contribution in [-0.2, 0) is 32.7 Å². The third-order valence-electron chi connectivity index (χ3n) is 8.17. The number of phosphoric ester groups is 1. The summed E-state index contributed by atoms with van der Waals surface area (Å²) in [7, 11) is -4.61. The molecule has 0 amide bonds. The monoisotopic (exact) mass is 706 g/mol. The summed E-state index contributed by atoms with van der Waals surface area (Å²) in [5, 5.41) is 18.3. The largest absolute Gasteiger partial charge is 0.472 e. The molecule has 284 valence electrons. The number of allylic oxidation sites excluding steroid dienone is 2. The van der Waals surface area contributed by atoms with Crippen LogP contribution in [0.25, 0.3) is 0 Å². The quantitative estimate of drug-likeness (QED) is 0.0249. The van der Waals surface area contributed by atoms with E-state index in [2.05, 4.69) is 30.5 Å². The maximum Gasteiger partial charge on any atom is 0.472 e. The molecule has 0 fully saturated rings. The molecule has 0 radical (unpaired) electrons. The SMILES string of the molecule is CCCCCCC/C=C\CCCCCCCC(=O)OC(COC(=O)CCCCCCCCCCCCC)COP(=O)(O)OCC(O)CO. The molecule has 0 bridgehead atoms. The predicted octanol–water partition coefficient (Wildman–Crippen LogP) is 9.28. The van der Waals surface area contributed by atoms with E-state index < -0.39 is 51.8 Å². The maximum atomic E-state index is 12.5. The van der Waals surface area contributed by atoms with Crippen molar-refractivity contribution >= 4 is 19.8 Å². The second-order valence-corrected chi connectivity index (χ2v) is 14.4. The molecule has 0 saturated heterocycles. The highest BCUT2D eigenvalue weighted by Crippen LogP contribution is 2.43. The first kappa shape index (κ1) is 46.7. The molecule has 0 aliphatic carbocycles. The summed E-state index contributed by atoms with van der Waals surface area (Å²) in [5.74, 6) is -0.931. The van der Waals surface area contributed by atoms with Gasteiger partial charge in [0, 0.05) is 12.8 Å². The molecule has 11 heteroatoms. The van der Waals surface area contributed by atoms with Gasteiger partial charge in [-0.15, -0.1) is 0 Å². The molecule has 0 aliphatic heterocycles. The van der Waals surface area contributed by atoms with Crippen LogP contribution in [0.3, 0.4) is 0 Å². The van der Waals surface area contributed by atoms with E-state index in [1.54, 1.807) is 0 Å². The molecule has 48 heavy (non-hydrogen) atoms. The molecule has 0 spiro atoms. The molecule has 3 N–H and O–H groups in total. The second-order valence-electron chi connectivity index (χ2n) is 13.0. The number of hydrogen-bond acceptors (Lipinski definition) is 9. The zero-order valence-electron chi connectivity index (χ0n) is 30.5. The number of phosphoric acid groups is 1. The third-order valence-corrected chi connectivity index (χ3v) is 9.12. The van der Waals surface area contributed by atoms with Gasteiger partial charge in [-0.05, 0) is 38.5 Å². The van der Waals surface area contributed by atoms with Crippen molar-refractivity contribution in [1.82, 2.24) is 0 Å². The number of aliphatic hydroxyl groups is 2. The van der Waals surface area contributed by atoms with Gasteiger partial charge in [0.25, 0.3) is 0 Å². The summed E-state index contributed by atoms with van der Waals surface area (Å²) in [6, 6.07) is 0. The van der Waals surface area contributed by atoms with Crippen molar-refractivity contribution in [2.75, 3.05) is 26.4 Å². The highest BCUT2D eigenvalue weighted by molar-refractivity contribution is 7.47. The summed E-state index contributed by atoms with van der Waals surface area (Å²) in [5.41, 5.74) is 0. The number of hydrogen-bond donors (Lipinski definition) is 3. The minimum atomic E-state index is -4.61. The van der Waals surface area contributed by atoms with Crippen LogP contribution in [0.15, 0.2) is 12.2 Å². The minimum Gasteiger partial charge on any atom is -0.462 e. The number of aliphatic hydroxyl groups excluding tert-OH is 2. The zero-order chi connectivity index (χ0) is 35.6. The average Bonchev–Trinajstić information content (AvgIpc) is 3.07. The van der Waals surface area contributed by atoms with Crippen LogP contribution in [0.2, 0.25) is 0 Å². The van der Waals surface area contributed by atoms with Crippen LogP contribution in [0.1, 0.15) is 174 Å².